The van der Waals surface area contributed by atoms with Gasteiger partial charge in [0.25, 0.3) is 0 Å². The summed E-state index contributed by atoms with van der Waals surface area (Å²) in [7, 11) is 0. The van der Waals surface area contributed by atoms with E-state index in [0.717, 1.165) is 5.56 Å². The van der Waals surface area contributed by atoms with Crippen LogP contribution in [0.2, 0.25) is 0 Å². The first-order chi connectivity index (χ1) is 8.65. The zero-order chi connectivity index (χ0) is 13.0. The lowest BCUT2D eigenvalue weighted by atomic mass is 10.2. The lowest BCUT2D eigenvalue weighted by Gasteiger charge is -2.05. The standard InChI is InChI=1S/C14H10BrFO2/c15-11-6-7-13(12(16)9-11)18-14(17)8-10-4-2-1-3-5-10/h1-7,9H,8H2. The third-order valence-electron chi connectivity index (χ3n) is 2.31. The molecule has 0 unspecified atom stereocenters. The van der Waals surface area contributed by atoms with Gasteiger partial charge in [0.2, 0.25) is 0 Å². The van der Waals surface area contributed by atoms with Gasteiger partial charge in [-0.25, -0.2) is 4.39 Å². The molecule has 2 aromatic carbocycles. The van der Waals surface area contributed by atoms with E-state index in [0.29, 0.717) is 4.47 Å². The second kappa shape index (κ2) is 5.78. The predicted molar refractivity (Wildman–Crippen MR) is 69.9 cm³/mol. The van der Waals surface area contributed by atoms with Gasteiger partial charge in [0.05, 0.1) is 6.42 Å². The average Bonchev–Trinajstić information content (AvgIpc) is 2.34. The Morgan fingerprint density at radius 1 is 1.17 bits per heavy atom. The first-order valence-electron chi connectivity index (χ1n) is 5.35. The molecule has 0 fully saturated rings. The Morgan fingerprint density at radius 2 is 1.89 bits per heavy atom. The molecule has 2 rings (SSSR count). The largest absolute Gasteiger partial charge is 0.423 e. The van der Waals surface area contributed by atoms with Crippen LogP contribution in [0.1, 0.15) is 5.56 Å². The van der Waals surface area contributed by atoms with Gasteiger partial charge < -0.3 is 4.74 Å². The fourth-order valence-electron chi connectivity index (χ4n) is 1.48. The quantitative estimate of drug-likeness (QED) is 0.638. The van der Waals surface area contributed by atoms with Crippen molar-refractivity contribution in [2.24, 2.45) is 0 Å². The molecule has 0 aliphatic heterocycles. The molecule has 0 atom stereocenters. The lowest BCUT2D eigenvalue weighted by molar-refractivity contribution is -0.133. The van der Waals surface area contributed by atoms with Crippen LogP contribution in [0.25, 0.3) is 0 Å². The Bertz CT molecular complexity index is 555. The topological polar surface area (TPSA) is 26.3 Å². The molecule has 0 saturated heterocycles. The summed E-state index contributed by atoms with van der Waals surface area (Å²) >= 11 is 3.14. The van der Waals surface area contributed by atoms with Crippen LogP contribution >= 0.6 is 15.9 Å². The van der Waals surface area contributed by atoms with E-state index >= 15 is 0 Å². The molecule has 2 aromatic rings. The van der Waals surface area contributed by atoms with Crippen molar-refractivity contribution in [3.05, 3.63) is 64.4 Å². The van der Waals surface area contributed by atoms with Crippen molar-refractivity contribution in [1.82, 2.24) is 0 Å². The molecule has 0 heterocycles. The van der Waals surface area contributed by atoms with Gasteiger partial charge in [0.1, 0.15) is 0 Å². The Hall–Kier alpha value is -1.68. The maximum atomic E-state index is 13.4. The molecule has 4 heteroatoms. The van der Waals surface area contributed by atoms with Gasteiger partial charge in [-0.15, -0.1) is 0 Å². The highest BCUT2D eigenvalue weighted by Gasteiger charge is 2.10. The first-order valence-corrected chi connectivity index (χ1v) is 6.14. The summed E-state index contributed by atoms with van der Waals surface area (Å²) < 4.78 is 19.0. The molecule has 0 saturated carbocycles. The lowest BCUT2D eigenvalue weighted by Crippen LogP contribution is -2.12. The Morgan fingerprint density at radius 3 is 2.56 bits per heavy atom. The molecule has 0 aromatic heterocycles. The highest BCUT2D eigenvalue weighted by molar-refractivity contribution is 9.10. The number of esters is 1. The molecule has 0 spiro atoms. The van der Waals surface area contributed by atoms with E-state index in [4.69, 9.17) is 4.74 Å². The number of hydrogen-bond donors (Lipinski definition) is 0. The van der Waals surface area contributed by atoms with Gasteiger partial charge in [-0.3, -0.25) is 4.79 Å². The van der Waals surface area contributed by atoms with Gasteiger partial charge in [0, 0.05) is 4.47 Å². The number of hydrogen-bond acceptors (Lipinski definition) is 2. The van der Waals surface area contributed by atoms with Gasteiger partial charge in [0.15, 0.2) is 11.6 Å². The molecule has 0 aliphatic rings. The molecular formula is C14H10BrFO2. The highest BCUT2D eigenvalue weighted by Crippen LogP contribution is 2.21. The molecule has 92 valence electrons. The van der Waals surface area contributed by atoms with Crippen LogP contribution in [0.5, 0.6) is 5.75 Å². The van der Waals surface area contributed by atoms with E-state index in [1.165, 1.54) is 12.1 Å². The van der Waals surface area contributed by atoms with E-state index in [1.54, 1.807) is 6.07 Å². The smallest absolute Gasteiger partial charge is 0.315 e. The number of carbonyl (C=O) groups is 1. The van der Waals surface area contributed by atoms with Gasteiger partial charge in [-0.05, 0) is 23.8 Å². The van der Waals surface area contributed by atoms with Crippen molar-refractivity contribution in [2.75, 3.05) is 0 Å². The number of ether oxygens (including phenoxy) is 1. The van der Waals surface area contributed by atoms with Crippen LogP contribution < -0.4 is 4.74 Å². The molecule has 0 bridgehead atoms. The minimum absolute atomic E-state index is 0.0564. The fourth-order valence-corrected chi connectivity index (χ4v) is 1.81. The summed E-state index contributed by atoms with van der Waals surface area (Å²) in [4.78, 5) is 11.6. The van der Waals surface area contributed by atoms with Crippen LogP contribution in [-0.4, -0.2) is 5.97 Å². The molecule has 18 heavy (non-hydrogen) atoms. The van der Waals surface area contributed by atoms with E-state index in [9.17, 15) is 9.18 Å². The van der Waals surface area contributed by atoms with E-state index < -0.39 is 11.8 Å². The molecule has 0 amide bonds. The summed E-state index contributed by atoms with van der Waals surface area (Å²) in [5.74, 6) is -1.10. The van der Waals surface area contributed by atoms with Crippen LogP contribution in [-0.2, 0) is 11.2 Å². The number of rotatable bonds is 3. The predicted octanol–water partition coefficient (Wildman–Crippen LogP) is 3.74. The molecule has 0 aliphatic carbocycles. The van der Waals surface area contributed by atoms with Crippen molar-refractivity contribution in [2.45, 2.75) is 6.42 Å². The van der Waals surface area contributed by atoms with Crippen molar-refractivity contribution < 1.29 is 13.9 Å². The molecule has 2 nitrogen and oxygen atoms in total. The summed E-state index contributed by atoms with van der Waals surface area (Å²) in [6.45, 7) is 0. The molecule has 0 radical (unpaired) electrons. The normalized spacial score (nSPS) is 10.1. The zero-order valence-electron chi connectivity index (χ0n) is 9.40. The van der Waals surface area contributed by atoms with Crippen molar-refractivity contribution >= 4 is 21.9 Å². The van der Waals surface area contributed by atoms with Crippen LogP contribution in [0.4, 0.5) is 4.39 Å². The monoisotopic (exact) mass is 308 g/mol. The summed E-state index contributed by atoms with van der Waals surface area (Å²) in [6.07, 6.45) is 0.121. The number of carbonyl (C=O) groups excluding carboxylic acids is 1. The number of benzene rings is 2. The van der Waals surface area contributed by atoms with E-state index in [-0.39, 0.29) is 12.2 Å². The van der Waals surface area contributed by atoms with Crippen LogP contribution in [0.3, 0.4) is 0 Å². The maximum Gasteiger partial charge on any atom is 0.315 e. The van der Waals surface area contributed by atoms with E-state index in [2.05, 4.69) is 15.9 Å². The Labute approximate surface area is 113 Å². The summed E-state index contributed by atoms with van der Waals surface area (Å²) in [5, 5.41) is 0. The second-order valence-electron chi connectivity index (χ2n) is 3.71. The summed E-state index contributed by atoms with van der Waals surface area (Å²) in [5.41, 5.74) is 0.833. The van der Waals surface area contributed by atoms with Crippen molar-refractivity contribution in [3.63, 3.8) is 0 Å². The minimum Gasteiger partial charge on any atom is -0.423 e. The zero-order valence-corrected chi connectivity index (χ0v) is 11.0. The van der Waals surface area contributed by atoms with Crippen LogP contribution in [0, 0.1) is 5.82 Å². The van der Waals surface area contributed by atoms with Gasteiger partial charge in [-0.2, -0.15) is 0 Å². The average molecular weight is 309 g/mol. The first kappa shape index (κ1) is 12.8. The van der Waals surface area contributed by atoms with Crippen LogP contribution in [0.15, 0.2) is 53.0 Å². The Kier molecular flexibility index (Phi) is 4.10. The van der Waals surface area contributed by atoms with Crippen molar-refractivity contribution in [1.29, 1.82) is 0 Å². The third-order valence-corrected chi connectivity index (χ3v) is 2.80. The van der Waals surface area contributed by atoms with E-state index in [1.807, 2.05) is 30.3 Å². The fraction of sp³-hybridized carbons (Fsp3) is 0.0714. The van der Waals surface area contributed by atoms with Gasteiger partial charge in [-0.1, -0.05) is 46.3 Å². The Balaban J connectivity index is 2.03. The SMILES string of the molecule is O=C(Cc1ccccc1)Oc1ccc(Br)cc1F. The summed E-state index contributed by atoms with van der Waals surface area (Å²) in [6, 6.07) is 13.5. The van der Waals surface area contributed by atoms with Gasteiger partial charge >= 0.3 is 5.97 Å². The molecular weight excluding hydrogens is 299 g/mol. The third kappa shape index (κ3) is 3.40. The number of halogens is 2. The highest BCUT2D eigenvalue weighted by atomic mass is 79.9. The second-order valence-corrected chi connectivity index (χ2v) is 4.63. The van der Waals surface area contributed by atoms with Crippen molar-refractivity contribution in [3.8, 4) is 5.75 Å². The molecule has 0 N–H and O–H groups in total. The maximum absolute atomic E-state index is 13.4. The minimum atomic E-state index is -0.564.